The minimum Gasteiger partial charge on any atom is -0.465 e. The Morgan fingerprint density at radius 1 is 1.37 bits per heavy atom. The fourth-order valence-electron chi connectivity index (χ4n) is 1.65. The van der Waals surface area contributed by atoms with Crippen molar-refractivity contribution in [2.75, 3.05) is 18.2 Å². The summed E-state index contributed by atoms with van der Waals surface area (Å²) in [5.41, 5.74) is 8.01. The summed E-state index contributed by atoms with van der Waals surface area (Å²) >= 11 is 0. The number of rotatable bonds is 4. The molecule has 0 aliphatic rings. The summed E-state index contributed by atoms with van der Waals surface area (Å²) in [5, 5.41) is 3.12. The minimum absolute atomic E-state index is 0.385. The zero-order chi connectivity index (χ0) is 13.7. The van der Waals surface area contributed by atoms with E-state index in [1.165, 1.54) is 7.11 Å². The molecule has 2 rings (SSSR count). The lowest BCUT2D eigenvalue weighted by molar-refractivity contribution is 0.0600. The zero-order valence-electron chi connectivity index (χ0n) is 10.6. The molecule has 0 aliphatic carbocycles. The molecule has 3 N–H and O–H groups in total. The highest BCUT2D eigenvalue weighted by Crippen LogP contribution is 2.13. The summed E-state index contributed by atoms with van der Waals surface area (Å²) in [5.74, 6) is 0.218. The average Bonchev–Trinajstić information content (AvgIpc) is 2.46. The van der Waals surface area contributed by atoms with Gasteiger partial charge in [0.1, 0.15) is 5.82 Å². The largest absolute Gasteiger partial charge is 0.465 e. The second kappa shape index (κ2) is 5.86. The van der Waals surface area contributed by atoms with Crippen LogP contribution in [-0.2, 0) is 11.3 Å². The number of esters is 1. The van der Waals surface area contributed by atoms with Gasteiger partial charge in [-0.2, -0.15) is 0 Å². The highest BCUT2D eigenvalue weighted by atomic mass is 16.5. The van der Waals surface area contributed by atoms with Crippen molar-refractivity contribution in [2.45, 2.75) is 6.54 Å². The van der Waals surface area contributed by atoms with E-state index < -0.39 is 0 Å². The number of nitrogens with one attached hydrogen (secondary N) is 1. The van der Waals surface area contributed by atoms with E-state index in [0.29, 0.717) is 17.9 Å². The number of nitrogens with zero attached hydrogens (tertiary/aromatic N) is 1. The molecule has 1 heterocycles. The molecule has 0 fully saturated rings. The van der Waals surface area contributed by atoms with Crippen molar-refractivity contribution in [1.29, 1.82) is 0 Å². The summed E-state index contributed by atoms with van der Waals surface area (Å²) in [7, 11) is 1.35. The molecule has 5 heteroatoms. The number of benzene rings is 1. The second-order valence-electron chi connectivity index (χ2n) is 3.97. The van der Waals surface area contributed by atoms with Crippen molar-refractivity contribution in [3.8, 4) is 0 Å². The molecule has 1 aromatic heterocycles. The third-order valence-electron chi connectivity index (χ3n) is 2.70. The first-order valence-electron chi connectivity index (χ1n) is 5.82. The molecule has 0 saturated carbocycles. The molecule has 1 aromatic carbocycles. The third-order valence-corrected chi connectivity index (χ3v) is 2.70. The van der Waals surface area contributed by atoms with Gasteiger partial charge in [-0.1, -0.05) is 18.2 Å². The molecule has 98 valence electrons. The SMILES string of the molecule is COC(=O)c1ccnc(NCc2ccccc2N)c1. The topological polar surface area (TPSA) is 77.2 Å². The van der Waals surface area contributed by atoms with Crippen molar-refractivity contribution in [1.82, 2.24) is 4.98 Å². The highest BCUT2D eigenvalue weighted by molar-refractivity contribution is 5.89. The normalized spacial score (nSPS) is 9.95. The number of nitrogens with two attached hydrogens (primary N) is 1. The van der Waals surface area contributed by atoms with Crippen LogP contribution in [0.1, 0.15) is 15.9 Å². The first-order valence-corrected chi connectivity index (χ1v) is 5.82. The number of para-hydroxylation sites is 1. The van der Waals surface area contributed by atoms with E-state index >= 15 is 0 Å². The maximum absolute atomic E-state index is 11.4. The van der Waals surface area contributed by atoms with Crippen LogP contribution < -0.4 is 11.1 Å². The monoisotopic (exact) mass is 257 g/mol. The molecular formula is C14H15N3O2. The molecule has 2 aromatic rings. The zero-order valence-corrected chi connectivity index (χ0v) is 10.6. The fraction of sp³-hybridized carbons (Fsp3) is 0.143. The van der Waals surface area contributed by atoms with Gasteiger partial charge in [-0.15, -0.1) is 0 Å². The van der Waals surface area contributed by atoms with Crippen molar-refractivity contribution in [3.05, 3.63) is 53.7 Å². The van der Waals surface area contributed by atoms with Gasteiger partial charge in [-0.3, -0.25) is 0 Å². The molecule has 5 nitrogen and oxygen atoms in total. The molecule has 0 bridgehead atoms. The minimum atomic E-state index is -0.385. The summed E-state index contributed by atoms with van der Waals surface area (Å²) < 4.78 is 4.66. The van der Waals surface area contributed by atoms with Crippen molar-refractivity contribution < 1.29 is 9.53 Å². The van der Waals surface area contributed by atoms with Gasteiger partial charge in [0.15, 0.2) is 0 Å². The lowest BCUT2D eigenvalue weighted by Gasteiger charge is -2.08. The molecular weight excluding hydrogens is 242 g/mol. The second-order valence-corrected chi connectivity index (χ2v) is 3.97. The third kappa shape index (κ3) is 3.22. The van der Waals surface area contributed by atoms with Crippen LogP contribution in [0.25, 0.3) is 0 Å². The smallest absolute Gasteiger partial charge is 0.338 e. The maximum Gasteiger partial charge on any atom is 0.338 e. The Labute approximate surface area is 111 Å². The van der Waals surface area contributed by atoms with Crippen LogP contribution >= 0.6 is 0 Å². The highest BCUT2D eigenvalue weighted by Gasteiger charge is 2.06. The van der Waals surface area contributed by atoms with Gasteiger partial charge < -0.3 is 15.8 Å². The number of nitrogen functional groups attached to an aromatic ring is 1. The van der Waals surface area contributed by atoms with Crippen molar-refractivity contribution >= 4 is 17.5 Å². The van der Waals surface area contributed by atoms with Gasteiger partial charge in [0.05, 0.1) is 12.7 Å². The first-order chi connectivity index (χ1) is 9.20. The number of carbonyl (C=O) groups excluding carboxylic acids is 1. The van der Waals surface area contributed by atoms with E-state index in [1.54, 1.807) is 18.3 Å². The summed E-state index contributed by atoms with van der Waals surface area (Å²) in [6, 6.07) is 10.8. The molecule has 0 amide bonds. The Morgan fingerprint density at radius 3 is 2.89 bits per heavy atom. The van der Waals surface area contributed by atoms with Gasteiger partial charge >= 0.3 is 5.97 Å². The molecule has 0 spiro atoms. The summed E-state index contributed by atoms with van der Waals surface area (Å²) in [6.07, 6.45) is 1.56. The Hall–Kier alpha value is -2.56. The molecule has 0 aliphatic heterocycles. The number of methoxy groups -OCH3 is 1. The van der Waals surface area contributed by atoms with Crippen LogP contribution in [0.5, 0.6) is 0 Å². The standard InChI is InChI=1S/C14H15N3O2/c1-19-14(18)10-6-7-16-13(8-10)17-9-11-4-2-3-5-12(11)15/h2-8H,9,15H2,1H3,(H,16,17). The van der Waals surface area contributed by atoms with Gasteiger partial charge in [-0.25, -0.2) is 9.78 Å². The Bertz CT molecular complexity index is 584. The first kappa shape index (κ1) is 12.9. The number of hydrogen-bond donors (Lipinski definition) is 2. The van der Waals surface area contributed by atoms with Crippen LogP contribution in [-0.4, -0.2) is 18.1 Å². The fourth-order valence-corrected chi connectivity index (χ4v) is 1.65. The van der Waals surface area contributed by atoms with Gasteiger partial charge in [0.2, 0.25) is 0 Å². The summed E-state index contributed by atoms with van der Waals surface area (Å²) in [6.45, 7) is 0.546. The molecule has 0 radical (unpaired) electrons. The number of anilines is 2. The predicted molar refractivity (Wildman–Crippen MR) is 73.8 cm³/mol. The van der Waals surface area contributed by atoms with E-state index in [0.717, 1.165) is 11.3 Å². The summed E-state index contributed by atoms with van der Waals surface area (Å²) in [4.78, 5) is 15.5. The Kier molecular flexibility index (Phi) is 3.97. The lowest BCUT2D eigenvalue weighted by Crippen LogP contribution is -2.06. The Morgan fingerprint density at radius 2 is 2.16 bits per heavy atom. The number of pyridine rings is 1. The van der Waals surface area contributed by atoms with Crippen LogP contribution in [0.4, 0.5) is 11.5 Å². The van der Waals surface area contributed by atoms with E-state index in [1.807, 2.05) is 24.3 Å². The van der Waals surface area contributed by atoms with Crippen LogP contribution in [0, 0.1) is 0 Å². The van der Waals surface area contributed by atoms with E-state index in [-0.39, 0.29) is 5.97 Å². The predicted octanol–water partition coefficient (Wildman–Crippen LogP) is 2.06. The van der Waals surface area contributed by atoms with Gasteiger partial charge in [-0.05, 0) is 23.8 Å². The van der Waals surface area contributed by atoms with Gasteiger partial charge in [0, 0.05) is 18.4 Å². The van der Waals surface area contributed by atoms with Crippen LogP contribution in [0.3, 0.4) is 0 Å². The van der Waals surface area contributed by atoms with Crippen LogP contribution in [0.2, 0.25) is 0 Å². The van der Waals surface area contributed by atoms with E-state index in [2.05, 4.69) is 15.0 Å². The maximum atomic E-state index is 11.4. The Balaban J connectivity index is 2.08. The molecule has 0 saturated heterocycles. The number of aromatic nitrogens is 1. The number of ether oxygens (including phenoxy) is 1. The van der Waals surface area contributed by atoms with E-state index in [9.17, 15) is 4.79 Å². The average molecular weight is 257 g/mol. The van der Waals surface area contributed by atoms with E-state index in [4.69, 9.17) is 5.73 Å². The quantitative estimate of drug-likeness (QED) is 0.647. The number of carbonyl (C=O) groups is 1. The molecule has 19 heavy (non-hydrogen) atoms. The van der Waals surface area contributed by atoms with Crippen molar-refractivity contribution in [2.24, 2.45) is 0 Å². The lowest BCUT2D eigenvalue weighted by atomic mass is 10.2. The van der Waals surface area contributed by atoms with Gasteiger partial charge in [0.25, 0.3) is 0 Å². The molecule has 0 atom stereocenters. The molecule has 0 unspecified atom stereocenters. The van der Waals surface area contributed by atoms with Crippen molar-refractivity contribution in [3.63, 3.8) is 0 Å². The van der Waals surface area contributed by atoms with Crippen LogP contribution in [0.15, 0.2) is 42.6 Å². The number of hydrogen-bond acceptors (Lipinski definition) is 5.